The lowest BCUT2D eigenvalue weighted by Gasteiger charge is -2.18. The van der Waals surface area contributed by atoms with E-state index >= 15 is 0 Å². The third kappa shape index (κ3) is 4.29. The highest BCUT2D eigenvalue weighted by atomic mass is 32.1. The van der Waals surface area contributed by atoms with E-state index < -0.39 is 0 Å². The molecule has 0 spiro atoms. The Bertz CT molecular complexity index is 1540. The monoisotopic (exact) mass is 484 g/mol. The molecule has 3 heterocycles. The maximum Gasteiger partial charge on any atom is 0.262 e. The number of aromatic nitrogens is 1. The Morgan fingerprint density at radius 3 is 2.69 bits per heavy atom. The van der Waals surface area contributed by atoms with Crippen molar-refractivity contribution in [3.05, 3.63) is 82.0 Å². The van der Waals surface area contributed by atoms with E-state index in [1.165, 1.54) is 16.9 Å². The number of rotatable bonds is 4. The summed E-state index contributed by atoms with van der Waals surface area (Å²) in [5.41, 5.74) is 5.21. The molecule has 6 rings (SSSR count). The molecular formula is C26H20N4O4S. The molecule has 3 aromatic carbocycles. The summed E-state index contributed by atoms with van der Waals surface area (Å²) in [4.78, 5) is 17.3. The number of carbonyl (C=O) groups excluding carboxylic acids is 1. The third-order valence-electron chi connectivity index (χ3n) is 5.57. The van der Waals surface area contributed by atoms with Gasteiger partial charge in [0.1, 0.15) is 5.75 Å². The number of hydrogen-bond donors (Lipinski definition) is 1. The molecule has 8 nitrogen and oxygen atoms in total. The maximum atomic E-state index is 11.8. The van der Waals surface area contributed by atoms with E-state index in [4.69, 9.17) is 24.3 Å². The van der Waals surface area contributed by atoms with Crippen LogP contribution in [-0.4, -0.2) is 30.2 Å². The summed E-state index contributed by atoms with van der Waals surface area (Å²) in [5, 5.41) is 9.64. The molecule has 1 aromatic heterocycles. The van der Waals surface area contributed by atoms with E-state index in [0.717, 1.165) is 28.3 Å². The van der Waals surface area contributed by atoms with Gasteiger partial charge in [0.25, 0.3) is 5.91 Å². The Morgan fingerprint density at radius 1 is 0.971 bits per heavy atom. The van der Waals surface area contributed by atoms with Crippen molar-refractivity contribution >= 4 is 34.8 Å². The zero-order valence-corrected chi connectivity index (χ0v) is 19.5. The smallest absolute Gasteiger partial charge is 0.262 e. The minimum atomic E-state index is -0.177. The van der Waals surface area contributed by atoms with Gasteiger partial charge in [0.05, 0.1) is 23.3 Å². The molecule has 0 saturated carbocycles. The highest BCUT2D eigenvalue weighted by molar-refractivity contribution is 7.07. The van der Waals surface area contributed by atoms with Crippen LogP contribution in [-0.2, 0) is 4.79 Å². The van der Waals surface area contributed by atoms with Crippen molar-refractivity contribution in [1.29, 1.82) is 0 Å². The van der Waals surface area contributed by atoms with E-state index in [2.05, 4.69) is 5.32 Å². The molecule has 0 atom stereocenters. The van der Waals surface area contributed by atoms with Gasteiger partial charge < -0.3 is 19.5 Å². The SMILES string of the molecule is Cc1ccc(N=c2scc(-c3ccc4c(c3)NC(=O)CO4)n2N=Cc2ccc3c(c2)OCO3)cc1. The van der Waals surface area contributed by atoms with Crippen molar-refractivity contribution in [1.82, 2.24) is 4.68 Å². The second-order valence-electron chi connectivity index (χ2n) is 8.07. The number of ether oxygens (including phenoxy) is 3. The summed E-state index contributed by atoms with van der Waals surface area (Å²) in [6.07, 6.45) is 1.76. The number of thiazole rings is 1. The van der Waals surface area contributed by atoms with Gasteiger partial charge >= 0.3 is 0 Å². The number of carbonyl (C=O) groups is 1. The van der Waals surface area contributed by atoms with E-state index in [9.17, 15) is 4.79 Å². The van der Waals surface area contributed by atoms with Crippen LogP contribution >= 0.6 is 11.3 Å². The number of fused-ring (bicyclic) bond motifs is 2. The molecule has 0 radical (unpaired) electrons. The van der Waals surface area contributed by atoms with Crippen LogP contribution in [0.3, 0.4) is 0 Å². The van der Waals surface area contributed by atoms with Crippen LogP contribution < -0.4 is 24.3 Å². The van der Waals surface area contributed by atoms with Crippen LogP contribution in [0.5, 0.6) is 17.2 Å². The topological polar surface area (TPSA) is 86.4 Å². The molecule has 0 unspecified atom stereocenters. The highest BCUT2D eigenvalue weighted by Gasteiger charge is 2.18. The maximum absolute atomic E-state index is 11.8. The van der Waals surface area contributed by atoms with E-state index in [1.807, 2.05) is 73.0 Å². The molecule has 0 bridgehead atoms. The molecule has 0 saturated heterocycles. The first-order valence-corrected chi connectivity index (χ1v) is 11.8. The van der Waals surface area contributed by atoms with Gasteiger partial charge in [0.2, 0.25) is 11.6 Å². The van der Waals surface area contributed by atoms with Crippen LogP contribution in [0.1, 0.15) is 11.1 Å². The molecule has 9 heteroatoms. The average molecular weight is 485 g/mol. The summed E-state index contributed by atoms with van der Waals surface area (Å²) in [5.74, 6) is 1.88. The summed E-state index contributed by atoms with van der Waals surface area (Å²) in [6, 6.07) is 19.4. The molecule has 1 N–H and O–H groups in total. The standard InChI is InChI=1S/C26H20N4O4S/c1-16-2-6-19(7-3-16)28-26-30(27-12-17-4-8-23-24(10-17)34-15-33-23)21(14-35-26)18-5-9-22-20(11-18)29-25(31)13-32-22/h2-12,14H,13,15H2,1H3,(H,29,31). The first-order valence-electron chi connectivity index (χ1n) is 11.0. The van der Waals surface area contributed by atoms with Crippen LogP contribution in [0.15, 0.2) is 76.1 Å². The lowest BCUT2D eigenvalue weighted by molar-refractivity contribution is -0.118. The molecule has 0 aliphatic carbocycles. The normalized spacial score (nSPS) is 14.7. The Labute approximate surface area is 204 Å². The zero-order chi connectivity index (χ0) is 23.8. The molecule has 35 heavy (non-hydrogen) atoms. The quantitative estimate of drug-likeness (QED) is 0.426. The molecule has 1 amide bonds. The molecule has 174 valence electrons. The Balaban J connectivity index is 1.44. The second-order valence-corrected chi connectivity index (χ2v) is 8.90. The third-order valence-corrected chi connectivity index (χ3v) is 6.39. The lowest BCUT2D eigenvalue weighted by Crippen LogP contribution is -2.25. The minimum Gasteiger partial charge on any atom is -0.482 e. The second kappa shape index (κ2) is 8.77. The van der Waals surface area contributed by atoms with Crippen LogP contribution in [0.4, 0.5) is 11.4 Å². The van der Waals surface area contributed by atoms with Crippen molar-refractivity contribution in [2.45, 2.75) is 6.92 Å². The zero-order valence-electron chi connectivity index (χ0n) is 18.7. The number of nitrogens with zero attached hydrogens (tertiary/aromatic N) is 3. The summed E-state index contributed by atoms with van der Waals surface area (Å²) < 4.78 is 18.2. The summed E-state index contributed by atoms with van der Waals surface area (Å²) in [7, 11) is 0. The van der Waals surface area contributed by atoms with Crippen molar-refractivity contribution < 1.29 is 19.0 Å². The minimum absolute atomic E-state index is 0.0181. The first kappa shape index (κ1) is 21.2. The van der Waals surface area contributed by atoms with Gasteiger partial charge in [-0.25, -0.2) is 9.67 Å². The number of anilines is 1. The number of nitrogens with one attached hydrogen (secondary N) is 1. The number of amides is 1. The average Bonchev–Trinajstić information content (AvgIpc) is 3.50. The fraction of sp³-hybridized carbons (Fsp3) is 0.115. The predicted molar refractivity (Wildman–Crippen MR) is 134 cm³/mol. The van der Waals surface area contributed by atoms with Gasteiger partial charge in [-0.1, -0.05) is 17.7 Å². The van der Waals surface area contributed by atoms with Gasteiger partial charge in [-0.3, -0.25) is 4.79 Å². The van der Waals surface area contributed by atoms with E-state index in [1.54, 1.807) is 10.9 Å². The number of hydrogen-bond acceptors (Lipinski definition) is 7. The summed E-state index contributed by atoms with van der Waals surface area (Å²) >= 11 is 1.48. The molecular weight excluding hydrogens is 464 g/mol. The van der Waals surface area contributed by atoms with Gasteiger partial charge in [0, 0.05) is 10.9 Å². The van der Waals surface area contributed by atoms with Crippen LogP contribution in [0, 0.1) is 6.92 Å². The molecule has 2 aliphatic heterocycles. The van der Waals surface area contributed by atoms with Crippen LogP contribution in [0.2, 0.25) is 0 Å². The van der Waals surface area contributed by atoms with E-state index in [-0.39, 0.29) is 19.3 Å². The van der Waals surface area contributed by atoms with Crippen molar-refractivity contribution in [3.63, 3.8) is 0 Å². The van der Waals surface area contributed by atoms with Crippen LogP contribution in [0.25, 0.3) is 11.3 Å². The van der Waals surface area contributed by atoms with Gasteiger partial charge in [0.15, 0.2) is 18.1 Å². The van der Waals surface area contributed by atoms with Crippen molar-refractivity contribution in [2.75, 3.05) is 18.7 Å². The predicted octanol–water partition coefficient (Wildman–Crippen LogP) is 4.70. The summed E-state index contributed by atoms with van der Waals surface area (Å²) in [6.45, 7) is 2.28. The largest absolute Gasteiger partial charge is 0.482 e. The number of aryl methyl sites for hydroxylation is 1. The van der Waals surface area contributed by atoms with E-state index in [0.29, 0.717) is 22.0 Å². The Hall–Kier alpha value is -4.37. The fourth-order valence-corrected chi connectivity index (χ4v) is 4.63. The van der Waals surface area contributed by atoms with Crippen molar-refractivity contribution in [2.24, 2.45) is 10.1 Å². The van der Waals surface area contributed by atoms with Gasteiger partial charge in [-0.2, -0.15) is 5.10 Å². The Kier molecular flexibility index (Phi) is 5.31. The molecule has 0 fully saturated rings. The molecule has 2 aliphatic rings. The number of benzene rings is 3. The lowest BCUT2D eigenvalue weighted by atomic mass is 10.1. The molecule has 4 aromatic rings. The Morgan fingerprint density at radius 2 is 1.80 bits per heavy atom. The first-order chi connectivity index (χ1) is 17.1. The van der Waals surface area contributed by atoms with Crippen molar-refractivity contribution in [3.8, 4) is 28.5 Å². The highest BCUT2D eigenvalue weighted by Crippen LogP contribution is 2.34. The van der Waals surface area contributed by atoms with Gasteiger partial charge in [-0.05, 0) is 61.0 Å². The van der Waals surface area contributed by atoms with Gasteiger partial charge in [-0.15, -0.1) is 11.3 Å². The fourth-order valence-electron chi connectivity index (χ4n) is 3.78.